The number of sulfone groups is 1. The van der Waals surface area contributed by atoms with E-state index in [9.17, 15) is 8.42 Å². The molecule has 0 aliphatic carbocycles. The summed E-state index contributed by atoms with van der Waals surface area (Å²) in [6.45, 7) is 9.36. The van der Waals surface area contributed by atoms with Gasteiger partial charge in [-0.3, -0.25) is 4.90 Å². The van der Waals surface area contributed by atoms with Gasteiger partial charge in [-0.1, -0.05) is 6.07 Å². The molecule has 1 atom stereocenters. The Kier molecular flexibility index (Phi) is 7.31. The van der Waals surface area contributed by atoms with Gasteiger partial charge in [0, 0.05) is 37.9 Å². The molecule has 1 aromatic rings. The van der Waals surface area contributed by atoms with E-state index in [0.717, 1.165) is 51.5 Å². The lowest BCUT2D eigenvalue weighted by molar-refractivity contribution is 0.0366. The van der Waals surface area contributed by atoms with E-state index in [2.05, 4.69) is 47.2 Å². The molecule has 8 heteroatoms. The molecule has 0 spiro atoms. The van der Waals surface area contributed by atoms with Gasteiger partial charge in [0.05, 0.1) is 24.7 Å². The molecule has 2 heterocycles. The Morgan fingerprint density at radius 2 is 1.93 bits per heavy atom. The van der Waals surface area contributed by atoms with Crippen molar-refractivity contribution in [3.63, 3.8) is 0 Å². The second-order valence-corrected chi connectivity index (χ2v) is 10.5. The Labute approximate surface area is 174 Å². The number of hydrogen-bond acceptors (Lipinski definition) is 5. The van der Waals surface area contributed by atoms with Crippen LogP contribution in [0, 0.1) is 13.8 Å². The van der Waals surface area contributed by atoms with Crippen LogP contribution in [0.2, 0.25) is 0 Å². The number of thiocarbonyl (C=S) groups is 1. The molecule has 0 unspecified atom stereocenters. The highest BCUT2D eigenvalue weighted by molar-refractivity contribution is 7.91. The molecular formula is C20H31N3O3S2. The molecule has 0 bridgehead atoms. The second-order valence-electron chi connectivity index (χ2n) is 7.86. The van der Waals surface area contributed by atoms with E-state index >= 15 is 0 Å². The number of rotatable bonds is 6. The zero-order valence-corrected chi connectivity index (χ0v) is 18.4. The zero-order valence-electron chi connectivity index (χ0n) is 16.8. The number of morpholine rings is 1. The highest BCUT2D eigenvalue weighted by atomic mass is 32.2. The normalized spacial score (nSPS) is 22.1. The average molecular weight is 426 g/mol. The molecule has 2 fully saturated rings. The van der Waals surface area contributed by atoms with Crippen LogP contribution in [0.25, 0.3) is 0 Å². The van der Waals surface area contributed by atoms with Crippen molar-refractivity contribution in [2.45, 2.75) is 32.7 Å². The first-order valence-corrected chi connectivity index (χ1v) is 12.2. The van der Waals surface area contributed by atoms with Gasteiger partial charge in [-0.2, -0.15) is 0 Å². The molecule has 0 aromatic heterocycles. The molecule has 1 aromatic carbocycles. The molecular weight excluding hydrogens is 394 g/mol. The second kappa shape index (κ2) is 9.52. The summed E-state index contributed by atoms with van der Waals surface area (Å²) in [6, 6.07) is 6.21. The summed E-state index contributed by atoms with van der Waals surface area (Å²) in [5.41, 5.74) is 3.31. The Morgan fingerprint density at radius 1 is 1.25 bits per heavy atom. The van der Waals surface area contributed by atoms with Crippen LogP contribution in [0.4, 0.5) is 5.69 Å². The van der Waals surface area contributed by atoms with Crippen molar-refractivity contribution in [2.24, 2.45) is 0 Å². The third-order valence-electron chi connectivity index (χ3n) is 5.36. The Morgan fingerprint density at radius 3 is 2.54 bits per heavy atom. The van der Waals surface area contributed by atoms with Gasteiger partial charge in [0.25, 0.3) is 0 Å². The minimum atomic E-state index is -2.96. The Bertz CT molecular complexity index is 772. The van der Waals surface area contributed by atoms with Gasteiger partial charge >= 0.3 is 0 Å². The molecule has 6 nitrogen and oxygen atoms in total. The number of ether oxygens (including phenoxy) is 1. The van der Waals surface area contributed by atoms with Gasteiger partial charge < -0.3 is 15.0 Å². The molecule has 1 N–H and O–H groups in total. The fourth-order valence-electron chi connectivity index (χ4n) is 4.00. The first-order chi connectivity index (χ1) is 13.3. The van der Waals surface area contributed by atoms with Gasteiger partial charge in [-0.15, -0.1) is 0 Å². The van der Waals surface area contributed by atoms with Crippen LogP contribution in [-0.4, -0.2) is 80.3 Å². The van der Waals surface area contributed by atoms with Crippen LogP contribution < -0.4 is 5.32 Å². The van der Waals surface area contributed by atoms with E-state index in [0.29, 0.717) is 11.5 Å². The van der Waals surface area contributed by atoms with Crippen molar-refractivity contribution < 1.29 is 13.2 Å². The van der Waals surface area contributed by atoms with Gasteiger partial charge in [0.15, 0.2) is 14.9 Å². The maximum Gasteiger partial charge on any atom is 0.173 e. The smallest absolute Gasteiger partial charge is 0.173 e. The fourth-order valence-corrected chi connectivity index (χ4v) is 6.09. The monoisotopic (exact) mass is 425 g/mol. The highest BCUT2D eigenvalue weighted by Gasteiger charge is 2.33. The maximum atomic E-state index is 12.0. The van der Waals surface area contributed by atoms with Crippen molar-refractivity contribution >= 4 is 32.9 Å². The van der Waals surface area contributed by atoms with Crippen molar-refractivity contribution in [3.05, 3.63) is 29.3 Å². The van der Waals surface area contributed by atoms with Crippen LogP contribution in [0.5, 0.6) is 0 Å². The molecule has 156 valence electrons. The molecule has 0 radical (unpaired) electrons. The van der Waals surface area contributed by atoms with Crippen LogP contribution in [0.1, 0.15) is 24.0 Å². The number of benzene rings is 1. The molecule has 3 rings (SSSR count). The predicted octanol–water partition coefficient (Wildman–Crippen LogP) is 2.21. The molecule has 2 aliphatic rings. The summed E-state index contributed by atoms with van der Waals surface area (Å²) in [7, 11) is -2.96. The number of aryl methyl sites for hydroxylation is 2. The zero-order chi connectivity index (χ0) is 20.1. The van der Waals surface area contributed by atoms with Crippen LogP contribution in [-0.2, 0) is 14.6 Å². The summed E-state index contributed by atoms with van der Waals surface area (Å²) in [4.78, 5) is 4.49. The maximum absolute atomic E-state index is 12.0. The largest absolute Gasteiger partial charge is 0.379 e. The van der Waals surface area contributed by atoms with Crippen LogP contribution >= 0.6 is 12.2 Å². The molecule has 2 aliphatic heterocycles. The molecule has 2 saturated heterocycles. The minimum Gasteiger partial charge on any atom is -0.379 e. The fraction of sp³-hybridized carbons (Fsp3) is 0.650. The third-order valence-corrected chi connectivity index (χ3v) is 7.45. The lowest BCUT2D eigenvalue weighted by Crippen LogP contribution is -2.45. The summed E-state index contributed by atoms with van der Waals surface area (Å²) >= 11 is 5.71. The molecule has 28 heavy (non-hydrogen) atoms. The van der Waals surface area contributed by atoms with Crippen molar-refractivity contribution in [2.75, 3.05) is 56.2 Å². The molecule has 0 amide bonds. The number of anilines is 1. The summed E-state index contributed by atoms with van der Waals surface area (Å²) in [5.74, 6) is 0.447. The number of nitrogens with one attached hydrogen (secondary N) is 1. The number of hydrogen-bond donors (Lipinski definition) is 1. The first kappa shape index (κ1) is 21.5. The lowest BCUT2D eigenvalue weighted by atomic mass is 10.1. The van der Waals surface area contributed by atoms with E-state index in [-0.39, 0.29) is 17.5 Å². The lowest BCUT2D eigenvalue weighted by Gasteiger charge is -2.33. The van der Waals surface area contributed by atoms with Gasteiger partial charge in [-0.25, -0.2) is 8.42 Å². The Hall–Kier alpha value is -1.22. The SMILES string of the molecule is Cc1cc(C)cc(NC(=S)N(CCCN2CCOCC2)[C@@H]2CCS(=O)(=O)C2)c1. The predicted molar refractivity (Wildman–Crippen MR) is 118 cm³/mol. The molecule has 0 saturated carbocycles. The topological polar surface area (TPSA) is 61.9 Å². The summed E-state index contributed by atoms with van der Waals surface area (Å²) in [6.07, 6.45) is 1.60. The highest BCUT2D eigenvalue weighted by Crippen LogP contribution is 2.21. The quantitative estimate of drug-likeness (QED) is 0.701. The van der Waals surface area contributed by atoms with Crippen molar-refractivity contribution in [1.82, 2.24) is 9.80 Å². The van der Waals surface area contributed by atoms with E-state index in [1.165, 1.54) is 11.1 Å². The average Bonchev–Trinajstić information content (AvgIpc) is 2.98. The van der Waals surface area contributed by atoms with Crippen LogP contribution in [0.3, 0.4) is 0 Å². The van der Waals surface area contributed by atoms with Crippen LogP contribution in [0.15, 0.2) is 18.2 Å². The summed E-state index contributed by atoms with van der Waals surface area (Å²) < 4.78 is 29.5. The van der Waals surface area contributed by atoms with E-state index < -0.39 is 9.84 Å². The van der Waals surface area contributed by atoms with Gasteiger partial charge in [0.2, 0.25) is 0 Å². The first-order valence-electron chi connectivity index (χ1n) is 9.99. The van der Waals surface area contributed by atoms with Gasteiger partial charge in [0.1, 0.15) is 0 Å². The minimum absolute atomic E-state index is 0.0411. The standard InChI is InChI=1S/C20H31N3O3S2/c1-16-12-17(2)14-18(13-16)21-20(27)23(19-4-11-28(24,25)15-19)6-3-5-22-7-9-26-10-8-22/h12-14,19H,3-11,15H2,1-2H3,(H,21,27)/t19-/m1/s1. The van der Waals surface area contributed by atoms with Gasteiger partial charge in [-0.05, 0) is 62.2 Å². The Balaban J connectivity index is 1.65. The van der Waals surface area contributed by atoms with Crippen molar-refractivity contribution in [1.29, 1.82) is 0 Å². The summed E-state index contributed by atoms with van der Waals surface area (Å²) in [5, 5.41) is 3.96. The van der Waals surface area contributed by atoms with E-state index in [1.54, 1.807) is 0 Å². The van der Waals surface area contributed by atoms with E-state index in [1.807, 2.05) is 0 Å². The van der Waals surface area contributed by atoms with E-state index in [4.69, 9.17) is 17.0 Å². The number of nitrogens with zero attached hydrogens (tertiary/aromatic N) is 2. The van der Waals surface area contributed by atoms with Crippen molar-refractivity contribution in [3.8, 4) is 0 Å². The third kappa shape index (κ3) is 6.14.